The average Bonchev–Trinajstić information content (AvgIpc) is 2.49. The van der Waals surface area contributed by atoms with Crippen LogP contribution >= 0.6 is 12.2 Å². The first kappa shape index (κ1) is 11.1. The van der Waals surface area contributed by atoms with E-state index in [-0.39, 0.29) is 0 Å². The molecule has 5 heteroatoms. The van der Waals surface area contributed by atoms with E-state index in [0.717, 1.165) is 18.8 Å². The fourth-order valence-electron chi connectivity index (χ4n) is 1.28. The molecular formula is C9H16N4S. The van der Waals surface area contributed by atoms with Crippen LogP contribution in [0.5, 0.6) is 0 Å². The highest BCUT2D eigenvalue weighted by atomic mass is 32.1. The summed E-state index contributed by atoms with van der Waals surface area (Å²) in [5.41, 5.74) is 6.54. The highest BCUT2D eigenvalue weighted by Gasteiger charge is 2.06. The first-order chi connectivity index (χ1) is 6.61. The van der Waals surface area contributed by atoms with Gasteiger partial charge >= 0.3 is 0 Å². The summed E-state index contributed by atoms with van der Waals surface area (Å²) in [7, 11) is 1.91. The van der Waals surface area contributed by atoms with Crippen molar-refractivity contribution in [2.24, 2.45) is 12.8 Å². The van der Waals surface area contributed by atoms with Gasteiger partial charge in [-0.05, 0) is 12.6 Å². The van der Waals surface area contributed by atoms with Gasteiger partial charge in [-0.2, -0.15) is 5.10 Å². The van der Waals surface area contributed by atoms with Crippen LogP contribution in [0, 0.1) is 0 Å². The Morgan fingerprint density at radius 2 is 2.43 bits per heavy atom. The van der Waals surface area contributed by atoms with Crippen molar-refractivity contribution in [3.8, 4) is 0 Å². The van der Waals surface area contributed by atoms with Gasteiger partial charge in [0.25, 0.3) is 0 Å². The van der Waals surface area contributed by atoms with Crippen LogP contribution < -0.4 is 5.73 Å². The highest BCUT2D eigenvalue weighted by molar-refractivity contribution is 7.80. The molecule has 1 aromatic rings. The third kappa shape index (κ3) is 3.43. The summed E-state index contributed by atoms with van der Waals surface area (Å²) < 4.78 is 1.80. The van der Waals surface area contributed by atoms with Crippen molar-refractivity contribution < 1.29 is 0 Å². The van der Waals surface area contributed by atoms with Crippen molar-refractivity contribution in [3.63, 3.8) is 0 Å². The predicted octanol–water partition coefficient (Wildman–Crippen LogP) is 0.528. The molecule has 0 aromatic carbocycles. The van der Waals surface area contributed by atoms with Crippen LogP contribution in [-0.2, 0) is 13.6 Å². The second-order valence-electron chi connectivity index (χ2n) is 3.25. The van der Waals surface area contributed by atoms with E-state index in [1.54, 1.807) is 4.68 Å². The summed E-state index contributed by atoms with van der Waals surface area (Å²) in [6.07, 6.45) is 1.93. The van der Waals surface area contributed by atoms with Crippen LogP contribution in [0.2, 0.25) is 0 Å². The summed E-state index contributed by atoms with van der Waals surface area (Å²) in [6, 6.07) is 2.00. The summed E-state index contributed by atoms with van der Waals surface area (Å²) in [5, 5.41) is 4.30. The van der Waals surface area contributed by atoms with Crippen LogP contribution in [0.4, 0.5) is 0 Å². The van der Waals surface area contributed by atoms with E-state index in [4.69, 9.17) is 18.0 Å². The minimum atomic E-state index is 0.530. The Kier molecular flexibility index (Phi) is 4.03. The molecule has 0 saturated carbocycles. The Bertz CT molecular complexity index is 308. The van der Waals surface area contributed by atoms with Crippen molar-refractivity contribution in [1.29, 1.82) is 0 Å². The molecule has 1 aromatic heterocycles. The number of aryl methyl sites for hydroxylation is 1. The number of rotatable bonds is 5. The van der Waals surface area contributed by atoms with Crippen LogP contribution in [0.1, 0.15) is 12.6 Å². The number of hydrogen-bond acceptors (Lipinski definition) is 3. The van der Waals surface area contributed by atoms with Gasteiger partial charge in [-0.25, -0.2) is 0 Å². The van der Waals surface area contributed by atoms with Crippen molar-refractivity contribution >= 4 is 17.2 Å². The van der Waals surface area contributed by atoms with Crippen molar-refractivity contribution in [2.45, 2.75) is 13.5 Å². The Morgan fingerprint density at radius 3 is 2.86 bits per heavy atom. The molecule has 0 aliphatic heterocycles. The lowest BCUT2D eigenvalue weighted by atomic mass is 10.3. The lowest BCUT2D eigenvalue weighted by Crippen LogP contribution is -2.32. The van der Waals surface area contributed by atoms with Gasteiger partial charge in [-0.1, -0.05) is 19.1 Å². The standard InChI is InChI=1S/C9H16N4S/c1-3-13(7-9(10)14)6-8-4-5-12(2)11-8/h4-5H,3,6-7H2,1-2H3,(H2,10,14). The molecule has 14 heavy (non-hydrogen) atoms. The maximum Gasteiger partial charge on any atom is 0.0870 e. The monoisotopic (exact) mass is 212 g/mol. The van der Waals surface area contributed by atoms with E-state index < -0.39 is 0 Å². The van der Waals surface area contributed by atoms with Gasteiger partial charge in [0.1, 0.15) is 0 Å². The summed E-state index contributed by atoms with van der Waals surface area (Å²) in [4.78, 5) is 2.69. The SMILES string of the molecule is CCN(CC(N)=S)Cc1ccn(C)n1. The molecule has 0 bridgehead atoms. The molecule has 4 nitrogen and oxygen atoms in total. The van der Waals surface area contributed by atoms with Crippen molar-refractivity contribution in [2.75, 3.05) is 13.1 Å². The highest BCUT2D eigenvalue weighted by Crippen LogP contribution is 2.00. The third-order valence-corrected chi connectivity index (χ3v) is 2.11. The van der Waals surface area contributed by atoms with Crippen LogP contribution in [0.25, 0.3) is 0 Å². The van der Waals surface area contributed by atoms with E-state index in [2.05, 4.69) is 16.9 Å². The minimum absolute atomic E-state index is 0.530. The molecule has 1 heterocycles. The van der Waals surface area contributed by atoms with E-state index in [1.807, 2.05) is 19.3 Å². The van der Waals surface area contributed by atoms with Crippen LogP contribution in [0.15, 0.2) is 12.3 Å². The van der Waals surface area contributed by atoms with Gasteiger partial charge in [0.15, 0.2) is 0 Å². The van der Waals surface area contributed by atoms with E-state index >= 15 is 0 Å². The fraction of sp³-hybridized carbons (Fsp3) is 0.556. The molecule has 0 aliphatic carbocycles. The van der Waals surface area contributed by atoms with Gasteiger partial charge in [-0.3, -0.25) is 9.58 Å². The Hall–Kier alpha value is -0.940. The van der Waals surface area contributed by atoms with Gasteiger partial charge in [-0.15, -0.1) is 0 Å². The largest absolute Gasteiger partial charge is 0.392 e. The first-order valence-corrected chi connectivity index (χ1v) is 5.01. The number of thiocarbonyl (C=S) groups is 1. The number of hydrogen-bond donors (Lipinski definition) is 1. The molecule has 0 amide bonds. The second-order valence-corrected chi connectivity index (χ2v) is 3.77. The molecule has 0 spiro atoms. The van der Waals surface area contributed by atoms with Gasteiger partial charge in [0, 0.05) is 26.3 Å². The molecule has 0 fully saturated rings. The van der Waals surface area contributed by atoms with E-state index in [1.165, 1.54) is 0 Å². The molecule has 0 aliphatic rings. The van der Waals surface area contributed by atoms with E-state index in [9.17, 15) is 0 Å². The summed E-state index contributed by atoms with van der Waals surface area (Å²) >= 11 is 4.87. The van der Waals surface area contributed by atoms with Gasteiger partial charge in [0.2, 0.25) is 0 Å². The lowest BCUT2D eigenvalue weighted by molar-refractivity contribution is 0.316. The summed E-state index contributed by atoms with van der Waals surface area (Å²) in [5.74, 6) is 0. The average molecular weight is 212 g/mol. The normalized spacial score (nSPS) is 10.8. The molecule has 0 atom stereocenters. The second kappa shape index (κ2) is 5.07. The fourth-order valence-corrected chi connectivity index (χ4v) is 1.46. The Labute approximate surface area is 89.7 Å². The van der Waals surface area contributed by atoms with Crippen LogP contribution in [-0.4, -0.2) is 32.8 Å². The molecule has 78 valence electrons. The smallest absolute Gasteiger partial charge is 0.0870 e. The third-order valence-electron chi connectivity index (χ3n) is 1.98. The zero-order chi connectivity index (χ0) is 10.6. The predicted molar refractivity (Wildman–Crippen MR) is 60.9 cm³/mol. The number of nitrogens with two attached hydrogens (primary N) is 1. The van der Waals surface area contributed by atoms with E-state index in [0.29, 0.717) is 11.5 Å². The molecular weight excluding hydrogens is 196 g/mol. The lowest BCUT2D eigenvalue weighted by Gasteiger charge is -2.17. The number of likely N-dealkylation sites (N-methyl/N-ethyl adjacent to an activating group) is 1. The minimum Gasteiger partial charge on any atom is -0.392 e. The zero-order valence-corrected chi connectivity index (χ0v) is 9.42. The number of nitrogens with zero attached hydrogens (tertiary/aromatic N) is 3. The quantitative estimate of drug-likeness (QED) is 0.723. The molecule has 0 radical (unpaired) electrons. The Morgan fingerprint density at radius 1 is 1.71 bits per heavy atom. The van der Waals surface area contributed by atoms with Gasteiger partial charge < -0.3 is 5.73 Å². The molecule has 2 N–H and O–H groups in total. The van der Waals surface area contributed by atoms with Crippen molar-refractivity contribution in [3.05, 3.63) is 18.0 Å². The maximum absolute atomic E-state index is 5.49. The molecule has 0 saturated heterocycles. The first-order valence-electron chi connectivity index (χ1n) is 4.61. The topological polar surface area (TPSA) is 47.1 Å². The zero-order valence-electron chi connectivity index (χ0n) is 8.60. The summed E-state index contributed by atoms with van der Waals surface area (Å²) in [6.45, 7) is 4.46. The Balaban J connectivity index is 2.52. The van der Waals surface area contributed by atoms with Gasteiger partial charge in [0.05, 0.1) is 10.7 Å². The number of aromatic nitrogens is 2. The van der Waals surface area contributed by atoms with Crippen LogP contribution in [0.3, 0.4) is 0 Å². The maximum atomic E-state index is 5.49. The molecule has 0 unspecified atom stereocenters. The van der Waals surface area contributed by atoms with Crippen molar-refractivity contribution in [1.82, 2.24) is 14.7 Å². The molecule has 1 rings (SSSR count).